The van der Waals surface area contributed by atoms with Gasteiger partial charge in [0.25, 0.3) is 5.56 Å². The molecule has 18 heavy (non-hydrogen) atoms. The minimum Gasteiger partial charge on any atom is -0.372 e. The van der Waals surface area contributed by atoms with Crippen LogP contribution in [0.4, 0.5) is 5.95 Å². The highest BCUT2D eigenvalue weighted by Crippen LogP contribution is 2.17. The number of rotatable bonds is 2. The lowest BCUT2D eigenvalue weighted by atomic mass is 10.1. The second-order valence-electron chi connectivity index (χ2n) is 5.31. The Balaban J connectivity index is 2.29. The second-order valence-corrected chi connectivity index (χ2v) is 5.31. The van der Waals surface area contributed by atoms with Gasteiger partial charge in [0.2, 0.25) is 5.95 Å². The van der Waals surface area contributed by atoms with E-state index < -0.39 is 0 Å². The van der Waals surface area contributed by atoms with E-state index in [4.69, 9.17) is 4.74 Å². The summed E-state index contributed by atoms with van der Waals surface area (Å²) >= 11 is 0. The Bertz CT molecular complexity index is 460. The molecule has 1 saturated heterocycles. The molecule has 100 valence electrons. The number of H-pyrrole nitrogens is 1. The van der Waals surface area contributed by atoms with Crippen molar-refractivity contribution in [1.82, 2.24) is 9.97 Å². The number of nitrogens with one attached hydrogen (secondary N) is 1. The molecule has 5 heteroatoms. The van der Waals surface area contributed by atoms with Crippen LogP contribution < -0.4 is 10.5 Å². The normalized spacial score (nSPS) is 24.6. The Morgan fingerprint density at radius 1 is 1.39 bits per heavy atom. The number of hydrogen-bond donors (Lipinski definition) is 1. The van der Waals surface area contributed by atoms with Crippen LogP contribution in [0.1, 0.15) is 39.3 Å². The highest BCUT2D eigenvalue weighted by atomic mass is 16.5. The van der Waals surface area contributed by atoms with E-state index in [0.717, 1.165) is 18.8 Å². The van der Waals surface area contributed by atoms with Gasteiger partial charge in [-0.1, -0.05) is 13.8 Å². The molecule has 2 heterocycles. The zero-order valence-electron chi connectivity index (χ0n) is 11.4. The first-order valence-corrected chi connectivity index (χ1v) is 6.47. The molecule has 2 atom stereocenters. The zero-order valence-corrected chi connectivity index (χ0v) is 11.4. The topological polar surface area (TPSA) is 58.2 Å². The first-order chi connectivity index (χ1) is 8.45. The summed E-state index contributed by atoms with van der Waals surface area (Å²) in [7, 11) is 0. The van der Waals surface area contributed by atoms with Crippen molar-refractivity contribution in [2.45, 2.75) is 45.8 Å². The van der Waals surface area contributed by atoms with E-state index in [2.05, 4.69) is 14.9 Å². The van der Waals surface area contributed by atoms with Crippen LogP contribution in [0.25, 0.3) is 0 Å². The quantitative estimate of drug-likeness (QED) is 0.865. The van der Waals surface area contributed by atoms with E-state index in [1.165, 1.54) is 0 Å². The summed E-state index contributed by atoms with van der Waals surface area (Å²) in [6.45, 7) is 9.66. The van der Waals surface area contributed by atoms with Gasteiger partial charge in [-0.3, -0.25) is 9.78 Å². The summed E-state index contributed by atoms with van der Waals surface area (Å²) in [5.74, 6) is 0.912. The Morgan fingerprint density at radius 2 is 2.00 bits per heavy atom. The molecule has 2 rings (SSSR count). The first-order valence-electron chi connectivity index (χ1n) is 6.47. The predicted molar refractivity (Wildman–Crippen MR) is 71.2 cm³/mol. The fraction of sp³-hybridized carbons (Fsp3) is 0.692. The molecule has 1 fully saturated rings. The summed E-state index contributed by atoms with van der Waals surface area (Å²) in [5, 5.41) is 0. The van der Waals surface area contributed by atoms with Gasteiger partial charge in [-0.15, -0.1) is 0 Å². The minimum atomic E-state index is -0.0875. The molecule has 0 radical (unpaired) electrons. The van der Waals surface area contributed by atoms with Crippen LogP contribution in [0.15, 0.2) is 10.9 Å². The van der Waals surface area contributed by atoms with Gasteiger partial charge in [-0.2, -0.15) is 0 Å². The molecule has 0 amide bonds. The molecule has 0 aliphatic carbocycles. The lowest BCUT2D eigenvalue weighted by Gasteiger charge is -2.35. The average Bonchev–Trinajstić information content (AvgIpc) is 2.26. The average molecular weight is 251 g/mol. The standard InChI is InChI=1S/C13H21N3O2/c1-8(2)11-5-12(17)15-13(14-11)16-6-9(3)18-10(4)7-16/h5,8-10H,6-7H2,1-4H3,(H,14,15,17). The maximum atomic E-state index is 11.7. The third-order valence-electron chi connectivity index (χ3n) is 3.06. The van der Waals surface area contributed by atoms with E-state index in [1.807, 2.05) is 27.7 Å². The van der Waals surface area contributed by atoms with Gasteiger partial charge in [-0.25, -0.2) is 4.98 Å². The monoisotopic (exact) mass is 251 g/mol. The van der Waals surface area contributed by atoms with E-state index in [1.54, 1.807) is 6.07 Å². The molecule has 5 nitrogen and oxygen atoms in total. The highest BCUT2D eigenvalue weighted by Gasteiger charge is 2.24. The number of anilines is 1. The molecule has 0 bridgehead atoms. The summed E-state index contributed by atoms with van der Waals surface area (Å²) < 4.78 is 5.68. The molecule has 1 aliphatic heterocycles. The maximum Gasteiger partial charge on any atom is 0.252 e. The molecular formula is C13H21N3O2. The van der Waals surface area contributed by atoms with Crippen molar-refractivity contribution in [3.63, 3.8) is 0 Å². The van der Waals surface area contributed by atoms with Crippen LogP contribution in [-0.2, 0) is 4.74 Å². The van der Waals surface area contributed by atoms with Crippen LogP contribution in [0.5, 0.6) is 0 Å². The summed E-state index contributed by atoms with van der Waals surface area (Å²) in [6.07, 6.45) is 0.309. The van der Waals surface area contributed by atoms with Crippen molar-refractivity contribution in [1.29, 1.82) is 0 Å². The molecule has 2 unspecified atom stereocenters. The van der Waals surface area contributed by atoms with Crippen molar-refractivity contribution in [2.75, 3.05) is 18.0 Å². The summed E-state index contributed by atoms with van der Waals surface area (Å²) in [6, 6.07) is 1.57. The van der Waals surface area contributed by atoms with E-state index >= 15 is 0 Å². The van der Waals surface area contributed by atoms with Crippen LogP contribution in [0.2, 0.25) is 0 Å². The van der Waals surface area contributed by atoms with Crippen molar-refractivity contribution >= 4 is 5.95 Å². The number of aromatic nitrogens is 2. The fourth-order valence-corrected chi connectivity index (χ4v) is 2.26. The van der Waals surface area contributed by atoms with Crippen LogP contribution >= 0.6 is 0 Å². The number of ether oxygens (including phenoxy) is 1. The Labute approximate surface area is 107 Å². The van der Waals surface area contributed by atoms with Gasteiger partial charge >= 0.3 is 0 Å². The molecule has 1 aliphatic rings. The number of hydrogen-bond acceptors (Lipinski definition) is 4. The largest absolute Gasteiger partial charge is 0.372 e. The number of morpholine rings is 1. The SMILES string of the molecule is CC1CN(c2nc(C(C)C)cc(=O)[nH]2)CC(C)O1. The first kappa shape index (κ1) is 13.1. The lowest BCUT2D eigenvalue weighted by Crippen LogP contribution is -2.46. The Morgan fingerprint density at radius 3 is 2.56 bits per heavy atom. The molecule has 1 aromatic rings. The second kappa shape index (κ2) is 5.10. The lowest BCUT2D eigenvalue weighted by molar-refractivity contribution is -0.00574. The summed E-state index contributed by atoms with van der Waals surface area (Å²) in [5.41, 5.74) is 0.746. The van der Waals surface area contributed by atoms with Crippen LogP contribution in [0.3, 0.4) is 0 Å². The van der Waals surface area contributed by atoms with E-state index in [-0.39, 0.29) is 23.7 Å². The third-order valence-corrected chi connectivity index (χ3v) is 3.06. The van der Waals surface area contributed by atoms with Gasteiger partial charge in [0.05, 0.1) is 17.9 Å². The minimum absolute atomic E-state index is 0.0875. The number of aromatic amines is 1. The maximum absolute atomic E-state index is 11.7. The van der Waals surface area contributed by atoms with Crippen molar-refractivity contribution < 1.29 is 4.74 Å². The summed E-state index contributed by atoms with van der Waals surface area (Å²) in [4.78, 5) is 21.1. The fourth-order valence-electron chi connectivity index (χ4n) is 2.26. The highest BCUT2D eigenvalue weighted by molar-refractivity contribution is 5.32. The molecule has 0 spiro atoms. The van der Waals surface area contributed by atoms with E-state index in [0.29, 0.717) is 5.95 Å². The van der Waals surface area contributed by atoms with Gasteiger partial charge in [-0.05, 0) is 19.8 Å². The third kappa shape index (κ3) is 2.90. The predicted octanol–water partition coefficient (Wildman–Crippen LogP) is 1.51. The van der Waals surface area contributed by atoms with Crippen LogP contribution in [-0.4, -0.2) is 35.3 Å². The van der Waals surface area contributed by atoms with Gasteiger partial charge in [0.1, 0.15) is 0 Å². The van der Waals surface area contributed by atoms with Crippen molar-refractivity contribution in [2.24, 2.45) is 0 Å². The van der Waals surface area contributed by atoms with Gasteiger partial charge in [0, 0.05) is 19.2 Å². The zero-order chi connectivity index (χ0) is 13.3. The Kier molecular flexibility index (Phi) is 3.71. The smallest absolute Gasteiger partial charge is 0.252 e. The Hall–Kier alpha value is -1.36. The molecule has 0 saturated carbocycles. The van der Waals surface area contributed by atoms with Gasteiger partial charge in [0.15, 0.2) is 0 Å². The van der Waals surface area contributed by atoms with Gasteiger partial charge < -0.3 is 9.64 Å². The number of nitrogens with zero attached hydrogens (tertiary/aromatic N) is 2. The van der Waals surface area contributed by atoms with Crippen molar-refractivity contribution in [3.05, 3.63) is 22.1 Å². The molecular weight excluding hydrogens is 230 g/mol. The molecule has 1 aromatic heterocycles. The van der Waals surface area contributed by atoms with Crippen LogP contribution in [0, 0.1) is 0 Å². The molecule has 0 aromatic carbocycles. The van der Waals surface area contributed by atoms with E-state index in [9.17, 15) is 4.79 Å². The molecule has 1 N–H and O–H groups in total. The van der Waals surface area contributed by atoms with Crippen molar-refractivity contribution in [3.8, 4) is 0 Å².